The number of fused-ring (bicyclic) bond motifs is 1. The number of anilines is 1. The Balaban J connectivity index is 2.15. The Hall–Kier alpha value is -2.12. The molecular formula is C13H17N3O4. The minimum absolute atomic E-state index is 0.176. The molecule has 1 unspecified atom stereocenters. The van der Waals surface area contributed by atoms with E-state index in [-0.39, 0.29) is 25.0 Å². The number of rotatable bonds is 5. The molecule has 0 saturated carbocycles. The third kappa shape index (κ3) is 2.89. The first-order valence-electron chi connectivity index (χ1n) is 6.17. The number of hydrogen-bond acceptors (Lipinski definition) is 5. The normalized spacial score (nSPS) is 12.6. The first kappa shape index (κ1) is 14.3. The summed E-state index contributed by atoms with van der Waals surface area (Å²) in [6, 6.07) is 5.00. The van der Waals surface area contributed by atoms with Crippen molar-refractivity contribution in [1.82, 2.24) is 4.57 Å². The van der Waals surface area contributed by atoms with Gasteiger partial charge in [0.15, 0.2) is 5.58 Å². The third-order valence-electron chi connectivity index (χ3n) is 3.08. The first-order chi connectivity index (χ1) is 9.55. The van der Waals surface area contributed by atoms with Gasteiger partial charge < -0.3 is 20.2 Å². The van der Waals surface area contributed by atoms with Crippen molar-refractivity contribution in [2.45, 2.75) is 12.5 Å². The maximum Gasteiger partial charge on any atom is 0.419 e. The van der Waals surface area contributed by atoms with Gasteiger partial charge in [-0.1, -0.05) is 0 Å². The number of carbonyl (C=O) groups is 1. The van der Waals surface area contributed by atoms with E-state index in [1.54, 1.807) is 25.2 Å². The number of aryl methyl sites for hydroxylation is 1. The molecule has 1 amide bonds. The highest BCUT2D eigenvalue weighted by Crippen LogP contribution is 2.18. The minimum Gasteiger partial charge on any atom is -0.408 e. The molecule has 3 N–H and O–H groups in total. The largest absolute Gasteiger partial charge is 0.419 e. The van der Waals surface area contributed by atoms with E-state index in [1.807, 2.05) is 0 Å². The molecule has 0 spiro atoms. The number of hydrogen-bond donors (Lipinski definition) is 2. The molecule has 1 heterocycles. The van der Waals surface area contributed by atoms with Gasteiger partial charge in [0.1, 0.15) is 0 Å². The Labute approximate surface area is 115 Å². The standard InChI is InChI=1S/C13H17N3O4/c1-16-10-5-8(3-4-11(10)20-13(16)18)15-12(17)6-9(7-14)19-2/h3-5,9H,6-7,14H2,1-2H3,(H,15,17). The topological polar surface area (TPSA) is 99.5 Å². The summed E-state index contributed by atoms with van der Waals surface area (Å²) in [4.78, 5) is 23.2. The average molecular weight is 279 g/mol. The zero-order valence-electron chi connectivity index (χ0n) is 11.4. The maximum absolute atomic E-state index is 11.8. The van der Waals surface area contributed by atoms with E-state index in [0.29, 0.717) is 16.8 Å². The molecule has 2 aromatic rings. The molecule has 20 heavy (non-hydrogen) atoms. The van der Waals surface area contributed by atoms with Crippen LogP contribution in [-0.4, -0.2) is 30.2 Å². The van der Waals surface area contributed by atoms with Gasteiger partial charge in [0.05, 0.1) is 18.0 Å². The summed E-state index contributed by atoms with van der Waals surface area (Å²) < 4.78 is 11.4. The molecule has 0 saturated heterocycles. The molecule has 0 aliphatic rings. The number of methoxy groups -OCH3 is 1. The van der Waals surface area contributed by atoms with E-state index in [0.717, 1.165) is 0 Å². The van der Waals surface area contributed by atoms with Crippen molar-refractivity contribution in [3.63, 3.8) is 0 Å². The van der Waals surface area contributed by atoms with Crippen molar-refractivity contribution in [3.05, 3.63) is 28.7 Å². The number of oxazole rings is 1. The van der Waals surface area contributed by atoms with Crippen LogP contribution in [0.2, 0.25) is 0 Å². The summed E-state index contributed by atoms with van der Waals surface area (Å²) in [5.74, 6) is -0.638. The van der Waals surface area contributed by atoms with Crippen LogP contribution in [0.3, 0.4) is 0 Å². The minimum atomic E-state index is -0.439. The molecule has 7 heteroatoms. The predicted molar refractivity (Wildman–Crippen MR) is 74.6 cm³/mol. The van der Waals surface area contributed by atoms with Crippen LogP contribution < -0.4 is 16.8 Å². The van der Waals surface area contributed by atoms with Crippen LogP contribution >= 0.6 is 0 Å². The van der Waals surface area contributed by atoms with Crippen LogP contribution in [0.25, 0.3) is 11.1 Å². The summed E-state index contributed by atoms with van der Waals surface area (Å²) >= 11 is 0. The van der Waals surface area contributed by atoms with Crippen molar-refractivity contribution >= 4 is 22.7 Å². The molecule has 1 atom stereocenters. The Morgan fingerprint density at radius 1 is 1.55 bits per heavy atom. The summed E-state index contributed by atoms with van der Waals surface area (Å²) in [6.45, 7) is 0.277. The van der Waals surface area contributed by atoms with Crippen LogP contribution in [0.15, 0.2) is 27.4 Å². The van der Waals surface area contributed by atoms with Crippen LogP contribution in [0.5, 0.6) is 0 Å². The fourth-order valence-corrected chi connectivity index (χ4v) is 1.89. The first-order valence-corrected chi connectivity index (χ1v) is 6.17. The van der Waals surface area contributed by atoms with Gasteiger partial charge in [0.2, 0.25) is 5.91 Å². The van der Waals surface area contributed by atoms with Gasteiger partial charge in [-0.2, -0.15) is 0 Å². The lowest BCUT2D eigenvalue weighted by Gasteiger charge is -2.12. The van der Waals surface area contributed by atoms with Crippen LogP contribution in [0.1, 0.15) is 6.42 Å². The number of nitrogens with zero attached hydrogens (tertiary/aromatic N) is 1. The van der Waals surface area contributed by atoms with Gasteiger partial charge in [-0.25, -0.2) is 4.79 Å². The molecule has 0 bridgehead atoms. The number of nitrogens with two attached hydrogens (primary N) is 1. The highest BCUT2D eigenvalue weighted by molar-refractivity contribution is 5.93. The van der Waals surface area contributed by atoms with E-state index in [2.05, 4.69) is 5.32 Å². The van der Waals surface area contributed by atoms with Crippen LogP contribution in [0, 0.1) is 0 Å². The molecular weight excluding hydrogens is 262 g/mol. The molecule has 2 rings (SSSR count). The van der Waals surface area contributed by atoms with Crippen molar-refractivity contribution in [1.29, 1.82) is 0 Å². The van der Waals surface area contributed by atoms with Gasteiger partial charge in [-0.3, -0.25) is 9.36 Å². The number of benzene rings is 1. The summed E-state index contributed by atoms with van der Waals surface area (Å²) in [5.41, 5.74) is 7.15. The highest BCUT2D eigenvalue weighted by Gasteiger charge is 2.12. The number of nitrogens with one attached hydrogen (secondary N) is 1. The maximum atomic E-state index is 11.8. The molecule has 0 aliphatic carbocycles. The summed E-state index contributed by atoms with van der Waals surface area (Å²) in [5, 5.41) is 2.74. The summed E-state index contributed by atoms with van der Waals surface area (Å²) in [7, 11) is 3.12. The lowest BCUT2D eigenvalue weighted by atomic mass is 10.2. The van der Waals surface area contributed by atoms with E-state index < -0.39 is 5.76 Å². The van der Waals surface area contributed by atoms with Crippen molar-refractivity contribution in [2.24, 2.45) is 12.8 Å². The average Bonchev–Trinajstić information content (AvgIpc) is 2.72. The van der Waals surface area contributed by atoms with E-state index >= 15 is 0 Å². The monoisotopic (exact) mass is 279 g/mol. The molecule has 0 fully saturated rings. The smallest absolute Gasteiger partial charge is 0.408 e. The fraction of sp³-hybridized carbons (Fsp3) is 0.385. The lowest BCUT2D eigenvalue weighted by Crippen LogP contribution is -2.28. The molecule has 7 nitrogen and oxygen atoms in total. The Morgan fingerprint density at radius 3 is 2.95 bits per heavy atom. The Morgan fingerprint density at radius 2 is 2.30 bits per heavy atom. The second kappa shape index (κ2) is 5.89. The summed E-state index contributed by atoms with van der Waals surface area (Å²) in [6.07, 6.45) is -0.132. The van der Waals surface area contributed by atoms with Gasteiger partial charge in [-0.15, -0.1) is 0 Å². The quantitative estimate of drug-likeness (QED) is 0.827. The molecule has 1 aromatic heterocycles. The van der Waals surface area contributed by atoms with E-state index in [9.17, 15) is 9.59 Å². The fourth-order valence-electron chi connectivity index (χ4n) is 1.89. The molecule has 0 aliphatic heterocycles. The number of aromatic nitrogens is 1. The molecule has 108 valence electrons. The Bertz CT molecular complexity index is 670. The van der Waals surface area contributed by atoms with Gasteiger partial charge in [-0.05, 0) is 18.2 Å². The van der Waals surface area contributed by atoms with Crippen molar-refractivity contribution in [2.75, 3.05) is 19.0 Å². The highest BCUT2D eigenvalue weighted by atomic mass is 16.5. The van der Waals surface area contributed by atoms with Crippen molar-refractivity contribution in [3.8, 4) is 0 Å². The van der Waals surface area contributed by atoms with E-state index in [1.165, 1.54) is 11.7 Å². The van der Waals surface area contributed by atoms with Gasteiger partial charge in [0.25, 0.3) is 0 Å². The SMILES string of the molecule is COC(CN)CC(=O)Nc1ccc2oc(=O)n(C)c2c1. The second-order valence-electron chi connectivity index (χ2n) is 4.46. The van der Waals surface area contributed by atoms with Crippen LogP contribution in [0.4, 0.5) is 5.69 Å². The van der Waals surface area contributed by atoms with Gasteiger partial charge in [0, 0.05) is 26.4 Å². The lowest BCUT2D eigenvalue weighted by molar-refractivity contribution is -0.118. The number of amides is 1. The Kier molecular flexibility index (Phi) is 4.21. The third-order valence-corrected chi connectivity index (χ3v) is 3.08. The van der Waals surface area contributed by atoms with E-state index in [4.69, 9.17) is 14.9 Å². The van der Waals surface area contributed by atoms with Gasteiger partial charge >= 0.3 is 5.76 Å². The second-order valence-corrected chi connectivity index (χ2v) is 4.46. The predicted octanol–water partition coefficient (Wildman–Crippen LogP) is 0.434. The zero-order valence-corrected chi connectivity index (χ0v) is 11.4. The number of carbonyl (C=O) groups excluding carboxylic acids is 1. The molecule has 0 radical (unpaired) electrons. The van der Waals surface area contributed by atoms with Crippen LogP contribution in [-0.2, 0) is 16.6 Å². The number of ether oxygens (including phenoxy) is 1. The van der Waals surface area contributed by atoms with Crippen molar-refractivity contribution < 1.29 is 13.9 Å². The zero-order chi connectivity index (χ0) is 14.7. The molecule has 1 aromatic carbocycles.